The summed E-state index contributed by atoms with van der Waals surface area (Å²) >= 11 is 0. The number of nitrogens with one attached hydrogen (secondary N) is 1. The number of aromatic amines is 1. The van der Waals surface area contributed by atoms with Crippen LogP contribution in [-0.2, 0) is 19.0 Å². The van der Waals surface area contributed by atoms with Gasteiger partial charge in [0.1, 0.15) is 5.54 Å². The Kier molecular flexibility index (Phi) is 10.3. The molecule has 0 radical (unpaired) electrons. The van der Waals surface area contributed by atoms with Crippen molar-refractivity contribution in [3.8, 4) is 5.88 Å². The van der Waals surface area contributed by atoms with Gasteiger partial charge in [0.2, 0.25) is 5.91 Å². The zero-order valence-electron chi connectivity index (χ0n) is 24.9. The molecule has 1 heterocycles. The van der Waals surface area contributed by atoms with Gasteiger partial charge in [-0.1, -0.05) is 36.4 Å². The van der Waals surface area contributed by atoms with E-state index in [0.717, 1.165) is 5.56 Å². The Labute approximate surface area is 251 Å². The van der Waals surface area contributed by atoms with Gasteiger partial charge in [-0.25, -0.2) is 9.79 Å². The number of ether oxygens (including phenoxy) is 3. The first kappa shape index (κ1) is 31.4. The summed E-state index contributed by atoms with van der Waals surface area (Å²) in [5.74, 6) is -0.759. The number of amides is 1. The van der Waals surface area contributed by atoms with Gasteiger partial charge >= 0.3 is 5.97 Å². The number of carbonyl (C=O) groups excluding carboxylic acids is 2. The quantitative estimate of drug-likeness (QED) is 0.149. The van der Waals surface area contributed by atoms with E-state index >= 15 is 0 Å². The van der Waals surface area contributed by atoms with Gasteiger partial charge in [-0.2, -0.15) is 0 Å². The summed E-state index contributed by atoms with van der Waals surface area (Å²) in [4.78, 5) is 35.2. The van der Waals surface area contributed by atoms with Crippen molar-refractivity contribution in [1.82, 2.24) is 4.98 Å². The molecule has 10 heteroatoms. The molecule has 0 spiro atoms. The lowest BCUT2D eigenvalue weighted by Gasteiger charge is -2.32. The average Bonchev–Trinajstić information content (AvgIpc) is 3.36. The Balaban J connectivity index is 1.70. The maximum Gasteiger partial charge on any atom is 0.338 e. The Hall–Kier alpha value is -4.51. The van der Waals surface area contributed by atoms with Crippen molar-refractivity contribution in [1.29, 1.82) is 0 Å². The number of H-pyrrole nitrogens is 1. The third-order valence-electron chi connectivity index (χ3n) is 7.29. The Morgan fingerprint density at radius 3 is 2.21 bits per heavy atom. The molecule has 0 bridgehead atoms. The van der Waals surface area contributed by atoms with Crippen molar-refractivity contribution >= 4 is 39.9 Å². The van der Waals surface area contributed by atoms with Gasteiger partial charge in [0.05, 0.1) is 29.1 Å². The first-order valence-corrected chi connectivity index (χ1v) is 14.0. The molecule has 0 aliphatic heterocycles. The number of likely N-dealkylation sites (N-methyl/N-ethyl adjacent to an activating group) is 1. The molecule has 0 fully saturated rings. The standard InChI is InChI=1S/C33H38N4O6/c1-5-43-31(39)23-11-16-26-27(21-23)36-30(38)28(26)29(22-9-7-6-8-10-22)35-24-12-14-25(15-13-24)37(2)32(40)33(34,17-19-41-3)18-20-42-4/h6-16,21,36,38H,5,17-20,34H2,1-4H3. The number of fused-ring (bicyclic) bond motifs is 1. The van der Waals surface area contributed by atoms with Crippen LogP contribution in [0.15, 0.2) is 77.8 Å². The van der Waals surface area contributed by atoms with E-state index in [1.54, 1.807) is 70.7 Å². The second-order valence-corrected chi connectivity index (χ2v) is 10.2. The summed E-state index contributed by atoms with van der Waals surface area (Å²) in [5, 5.41) is 11.7. The first-order valence-electron chi connectivity index (χ1n) is 14.0. The average molecular weight is 587 g/mol. The molecule has 0 saturated heterocycles. The highest BCUT2D eigenvalue weighted by Crippen LogP contribution is 2.33. The number of rotatable bonds is 13. The summed E-state index contributed by atoms with van der Waals surface area (Å²) in [6.45, 7) is 2.71. The van der Waals surface area contributed by atoms with E-state index in [4.69, 9.17) is 24.9 Å². The Bertz CT molecular complexity index is 1570. The molecule has 0 aliphatic carbocycles. The van der Waals surface area contributed by atoms with Crippen LogP contribution in [0.1, 0.15) is 41.3 Å². The number of aromatic hydroxyl groups is 1. The number of benzene rings is 3. The molecule has 0 unspecified atom stereocenters. The second kappa shape index (κ2) is 14.1. The maximum absolute atomic E-state index is 13.4. The first-order chi connectivity index (χ1) is 20.7. The van der Waals surface area contributed by atoms with Crippen molar-refractivity contribution in [2.24, 2.45) is 10.7 Å². The van der Waals surface area contributed by atoms with E-state index in [0.29, 0.717) is 65.2 Å². The summed E-state index contributed by atoms with van der Waals surface area (Å²) < 4.78 is 15.5. The van der Waals surface area contributed by atoms with Gasteiger partial charge in [0, 0.05) is 56.6 Å². The number of methoxy groups -OCH3 is 2. The molecule has 1 amide bonds. The van der Waals surface area contributed by atoms with Gasteiger partial charge < -0.3 is 34.9 Å². The molecule has 0 saturated carbocycles. The number of aromatic nitrogens is 1. The van der Waals surface area contributed by atoms with Crippen LogP contribution in [0.4, 0.5) is 11.4 Å². The number of hydrogen-bond donors (Lipinski definition) is 3. The number of aliphatic imine (C=N–C) groups is 1. The smallest absolute Gasteiger partial charge is 0.338 e. The van der Waals surface area contributed by atoms with Crippen LogP contribution in [0.5, 0.6) is 5.88 Å². The minimum atomic E-state index is -1.14. The molecule has 4 N–H and O–H groups in total. The Morgan fingerprint density at radius 1 is 0.953 bits per heavy atom. The van der Waals surface area contributed by atoms with Crippen LogP contribution in [0, 0.1) is 0 Å². The lowest BCUT2D eigenvalue weighted by Crippen LogP contribution is -2.55. The predicted molar refractivity (Wildman–Crippen MR) is 167 cm³/mol. The highest BCUT2D eigenvalue weighted by molar-refractivity contribution is 6.22. The van der Waals surface area contributed by atoms with Crippen LogP contribution in [0.2, 0.25) is 0 Å². The van der Waals surface area contributed by atoms with Crippen molar-refractivity contribution < 1.29 is 28.9 Å². The van der Waals surface area contributed by atoms with Crippen molar-refractivity contribution in [3.63, 3.8) is 0 Å². The van der Waals surface area contributed by atoms with Crippen LogP contribution in [0.3, 0.4) is 0 Å². The molecular weight excluding hydrogens is 548 g/mol. The summed E-state index contributed by atoms with van der Waals surface area (Å²) in [5.41, 5.74) is 9.42. The molecule has 3 aromatic carbocycles. The molecule has 43 heavy (non-hydrogen) atoms. The number of anilines is 1. The number of carbonyl (C=O) groups is 2. The van der Waals surface area contributed by atoms with Crippen LogP contribution >= 0.6 is 0 Å². The highest BCUT2D eigenvalue weighted by atomic mass is 16.5. The van der Waals surface area contributed by atoms with Crippen molar-refractivity contribution in [2.75, 3.05) is 46.0 Å². The summed E-state index contributed by atoms with van der Waals surface area (Å²) in [7, 11) is 4.83. The van der Waals surface area contributed by atoms with Crippen LogP contribution in [0.25, 0.3) is 10.9 Å². The zero-order valence-corrected chi connectivity index (χ0v) is 24.9. The third-order valence-corrected chi connectivity index (χ3v) is 7.29. The second-order valence-electron chi connectivity index (χ2n) is 10.2. The molecule has 4 rings (SSSR count). The molecule has 0 atom stereocenters. The lowest BCUT2D eigenvalue weighted by molar-refractivity contribution is -0.124. The molecule has 10 nitrogen and oxygen atoms in total. The monoisotopic (exact) mass is 586 g/mol. The summed E-state index contributed by atoms with van der Waals surface area (Å²) in [6.07, 6.45) is 0.711. The van der Waals surface area contributed by atoms with Crippen LogP contribution < -0.4 is 10.6 Å². The van der Waals surface area contributed by atoms with E-state index in [1.165, 1.54) is 4.90 Å². The Morgan fingerprint density at radius 2 is 1.60 bits per heavy atom. The van der Waals surface area contributed by atoms with E-state index in [1.807, 2.05) is 30.3 Å². The van der Waals surface area contributed by atoms with Crippen molar-refractivity contribution in [2.45, 2.75) is 25.3 Å². The van der Waals surface area contributed by atoms with Gasteiger partial charge in [0.25, 0.3) is 0 Å². The number of nitrogens with two attached hydrogens (primary N) is 1. The van der Waals surface area contributed by atoms with Crippen molar-refractivity contribution in [3.05, 3.63) is 89.5 Å². The zero-order chi connectivity index (χ0) is 31.0. The number of nitrogens with zero attached hydrogens (tertiary/aromatic N) is 2. The predicted octanol–water partition coefficient (Wildman–Crippen LogP) is 4.95. The van der Waals surface area contributed by atoms with E-state index in [-0.39, 0.29) is 18.4 Å². The van der Waals surface area contributed by atoms with Gasteiger partial charge in [0.15, 0.2) is 5.88 Å². The summed E-state index contributed by atoms with van der Waals surface area (Å²) in [6, 6.07) is 21.8. The molecular formula is C33H38N4O6. The normalized spacial score (nSPS) is 12.0. The third kappa shape index (κ3) is 7.11. The van der Waals surface area contributed by atoms with E-state index in [9.17, 15) is 14.7 Å². The molecule has 4 aromatic rings. The lowest BCUT2D eigenvalue weighted by atomic mass is 9.91. The molecule has 226 valence electrons. The number of esters is 1. The van der Waals surface area contributed by atoms with Gasteiger partial charge in [-0.3, -0.25) is 4.79 Å². The highest BCUT2D eigenvalue weighted by Gasteiger charge is 2.36. The van der Waals surface area contributed by atoms with E-state index in [2.05, 4.69) is 4.98 Å². The maximum atomic E-state index is 13.4. The fourth-order valence-corrected chi connectivity index (χ4v) is 4.86. The fraction of sp³-hybridized carbons (Fsp3) is 0.303. The molecule has 1 aromatic heterocycles. The topological polar surface area (TPSA) is 139 Å². The fourth-order valence-electron chi connectivity index (χ4n) is 4.86. The van der Waals surface area contributed by atoms with Gasteiger partial charge in [-0.15, -0.1) is 0 Å². The van der Waals surface area contributed by atoms with Crippen LogP contribution in [-0.4, -0.2) is 74.3 Å². The SMILES string of the molecule is CCOC(=O)c1ccc2c(C(=Nc3ccc(N(C)C(=O)C(N)(CCOC)CCOC)cc3)c3ccccc3)c(O)[nH]c2c1. The minimum Gasteiger partial charge on any atom is -0.494 e. The number of hydrogen-bond acceptors (Lipinski definition) is 8. The molecule has 0 aliphatic rings. The largest absolute Gasteiger partial charge is 0.494 e. The minimum absolute atomic E-state index is 0.0769. The van der Waals surface area contributed by atoms with Gasteiger partial charge in [-0.05, 0) is 56.2 Å². The van der Waals surface area contributed by atoms with E-state index < -0.39 is 11.5 Å².